The molecule has 2 N–H and O–H groups in total. The Balaban J connectivity index is 1.92. The molecular weight excluding hydrogens is 268 g/mol. The number of carbonyl (C=O) groups is 1. The number of thiocarbonyl (C=S) groups is 1. The summed E-state index contributed by atoms with van der Waals surface area (Å²) in [6.07, 6.45) is 13.1. The highest BCUT2D eigenvalue weighted by atomic mass is 32.1. The molecule has 114 valence electrons. The van der Waals surface area contributed by atoms with Gasteiger partial charge >= 0.3 is 0 Å². The number of hydrogen-bond donors (Lipinski definition) is 1. The van der Waals surface area contributed by atoms with Gasteiger partial charge < -0.3 is 10.6 Å². The molecule has 2 aliphatic carbocycles. The highest BCUT2D eigenvalue weighted by Gasteiger charge is 2.28. The summed E-state index contributed by atoms with van der Waals surface area (Å²) < 4.78 is 0. The Labute approximate surface area is 128 Å². The molecule has 1 amide bonds. The van der Waals surface area contributed by atoms with Gasteiger partial charge in [0.05, 0.1) is 11.5 Å². The number of nitrogens with two attached hydrogens (primary N) is 1. The van der Waals surface area contributed by atoms with Crippen LogP contribution in [-0.2, 0) is 4.79 Å². The Morgan fingerprint density at radius 2 is 1.55 bits per heavy atom. The van der Waals surface area contributed by atoms with Gasteiger partial charge in [-0.25, -0.2) is 0 Å². The molecule has 2 aliphatic rings. The van der Waals surface area contributed by atoms with Crippen LogP contribution < -0.4 is 5.73 Å². The second-order valence-electron chi connectivity index (χ2n) is 6.49. The van der Waals surface area contributed by atoms with Crippen LogP contribution in [0.2, 0.25) is 0 Å². The lowest BCUT2D eigenvalue weighted by molar-refractivity contribution is -0.133. The van der Waals surface area contributed by atoms with Crippen molar-refractivity contribution in [1.29, 1.82) is 0 Å². The normalized spacial score (nSPS) is 21.6. The zero-order chi connectivity index (χ0) is 14.4. The summed E-state index contributed by atoms with van der Waals surface area (Å²) in [5, 5.41) is 0. The lowest BCUT2D eigenvalue weighted by Crippen LogP contribution is -2.44. The molecule has 0 aromatic carbocycles. The summed E-state index contributed by atoms with van der Waals surface area (Å²) >= 11 is 5.04. The van der Waals surface area contributed by atoms with Crippen molar-refractivity contribution in [3.05, 3.63) is 0 Å². The minimum Gasteiger partial charge on any atom is -0.392 e. The molecule has 4 heteroatoms. The first-order valence-electron chi connectivity index (χ1n) is 8.24. The van der Waals surface area contributed by atoms with Crippen molar-refractivity contribution in [2.45, 2.75) is 76.7 Å². The van der Waals surface area contributed by atoms with Crippen LogP contribution >= 0.6 is 12.2 Å². The Hall–Kier alpha value is -0.640. The van der Waals surface area contributed by atoms with Crippen LogP contribution in [0.5, 0.6) is 0 Å². The van der Waals surface area contributed by atoms with Gasteiger partial charge in [-0.2, -0.15) is 0 Å². The summed E-state index contributed by atoms with van der Waals surface area (Å²) in [7, 11) is 0. The van der Waals surface area contributed by atoms with E-state index in [2.05, 4.69) is 0 Å². The Morgan fingerprint density at radius 3 is 2.10 bits per heavy atom. The minimum atomic E-state index is 0.289. The molecule has 2 saturated carbocycles. The SMILES string of the molecule is NC(=S)CN(C(=O)CC1CCCCCC1)C1CCCC1. The van der Waals surface area contributed by atoms with Crippen molar-refractivity contribution >= 4 is 23.1 Å². The van der Waals surface area contributed by atoms with Crippen LogP contribution in [0.25, 0.3) is 0 Å². The average molecular weight is 296 g/mol. The predicted molar refractivity (Wildman–Crippen MR) is 86.6 cm³/mol. The van der Waals surface area contributed by atoms with Crippen LogP contribution in [0, 0.1) is 5.92 Å². The van der Waals surface area contributed by atoms with E-state index in [4.69, 9.17) is 18.0 Å². The molecule has 0 atom stereocenters. The van der Waals surface area contributed by atoms with Crippen molar-refractivity contribution < 1.29 is 4.79 Å². The van der Waals surface area contributed by atoms with Gasteiger partial charge in [-0.05, 0) is 31.6 Å². The first-order valence-corrected chi connectivity index (χ1v) is 8.65. The molecule has 3 nitrogen and oxygen atoms in total. The molecule has 2 fully saturated rings. The number of amides is 1. The number of nitrogens with zero attached hydrogens (tertiary/aromatic N) is 1. The minimum absolute atomic E-state index is 0.289. The number of rotatable bonds is 5. The van der Waals surface area contributed by atoms with Gasteiger partial charge in [0, 0.05) is 12.5 Å². The quantitative estimate of drug-likeness (QED) is 0.625. The van der Waals surface area contributed by atoms with E-state index in [0.717, 1.165) is 12.8 Å². The van der Waals surface area contributed by atoms with Gasteiger partial charge in [0.2, 0.25) is 5.91 Å². The first kappa shape index (κ1) is 15.7. The maximum absolute atomic E-state index is 12.7. The average Bonchev–Trinajstić information content (AvgIpc) is 2.81. The van der Waals surface area contributed by atoms with Crippen molar-refractivity contribution in [2.75, 3.05) is 6.54 Å². The monoisotopic (exact) mass is 296 g/mol. The fraction of sp³-hybridized carbons (Fsp3) is 0.875. The van der Waals surface area contributed by atoms with Gasteiger partial charge in [0.15, 0.2) is 0 Å². The summed E-state index contributed by atoms with van der Waals surface area (Å²) in [6, 6.07) is 0.384. The topological polar surface area (TPSA) is 46.3 Å². The molecule has 0 heterocycles. The highest BCUT2D eigenvalue weighted by molar-refractivity contribution is 7.80. The zero-order valence-corrected chi connectivity index (χ0v) is 13.3. The van der Waals surface area contributed by atoms with Crippen LogP contribution in [0.1, 0.15) is 70.6 Å². The third-order valence-corrected chi connectivity index (χ3v) is 4.98. The van der Waals surface area contributed by atoms with Crippen LogP contribution in [0.15, 0.2) is 0 Å². The maximum atomic E-state index is 12.7. The second-order valence-corrected chi connectivity index (χ2v) is 7.01. The van der Waals surface area contributed by atoms with Gasteiger partial charge in [-0.1, -0.05) is 50.7 Å². The van der Waals surface area contributed by atoms with Gasteiger partial charge in [-0.15, -0.1) is 0 Å². The summed E-state index contributed by atoms with van der Waals surface area (Å²) in [6.45, 7) is 0.478. The van der Waals surface area contributed by atoms with Crippen LogP contribution in [-0.4, -0.2) is 28.4 Å². The van der Waals surface area contributed by atoms with Gasteiger partial charge in [0.25, 0.3) is 0 Å². The standard InChI is InChI=1S/C16H28N2OS/c17-15(20)12-18(14-9-5-6-10-14)16(19)11-13-7-3-1-2-4-8-13/h13-14H,1-12H2,(H2,17,20). The van der Waals surface area contributed by atoms with Crippen molar-refractivity contribution in [1.82, 2.24) is 4.90 Å². The van der Waals surface area contributed by atoms with Crippen molar-refractivity contribution in [2.24, 2.45) is 11.7 Å². The zero-order valence-electron chi connectivity index (χ0n) is 12.5. The van der Waals surface area contributed by atoms with E-state index >= 15 is 0 Å². The Kier molecular flexibility index (Phi) is 6.27. The van der Waals surface area contributed by atoms with E-state index in [0.29, 0.717) is 29.9 Å². The highest BCUT2D eigenvalue weighted by Crippen LogP contribution is 2.28. The largest absolute Gasteiger partial charge is 0.392 e. The Morgan fingerprint density at radius 1 is 1.00 bits per heavy atom. The molecule has 0 bridgehead atoms. The summed E-state index contributed by atoms with van der Waals surface area (Å²) in [4.78, 5) is 15.1. The lowest BCUT2D eigenvalue weighted by atomic mass is 9.95. The van der Waals surface area contributed by atoms with E-state index in [1.807, 2.05) is 4.90 Å². The summed E-state index contributed by atoms with van der Waals surface area (Å²) in [5.74, 6) is 0.872. The third-order valence-electron chi connectivity index (χ3n) is 4.85. The first-order chi connectivity index (χ1) is 9.66. The smallest absolute Gasteiger partial charge is 0.223 e. The molecule has 2 rings (SSSR count). The van der Waals surface area contributed by atoms with Crippen LogP contribution in [0.4, 0.5) is 0 Å². The molecule has 0 aromatic rings. The van der Waals surface area contributed by atoms with Crippen LogP contribution in [0.3, 0.4) is 0 Å². The number of carbonyl (C=O) groups excluding carboxylic acids is 1. The predicted octanol–water partition coefficient (Wildman–Crippen LogP) is 3.40. The summed E-state index contributed by atoms with van der Waals surface area (Å²) in [5.41, 5.74) is 5.69. The van der Waals surface area contributed by atoms with Gasteiger partial charge in [0.1, 0.15) is 0 Å². The maximum Gasteiger partial charge on any atom is 0.223 e. The van der Waals surface area contributed by atoms with Crippen molar-refractivity contribution in [3.63, 3.8) is 0 Å². The van der Waals surface area contributed by atoms with E-state index in [1.165, 1.54) is 51.4 Å². The molecule has 0 spiro atoms. The van der Waals surface area contributed by atoms with E-state index in [-0.39, 0.29) is 5.91 Å². The fourth-order valence-corrected chi connectivity index (χ4v) is 3.88. The fourth-order valence-electron chi connectivity index (χ4n) is 3.74. The van der Waals surface area contributed by atoms with E-state index in [1.54, 1.807) is 0 Å². The molecule has 0 radical (unpaired) electrons. The molecule has 20 heavy (non-hydrogen) atoms. The molecule has 0 saturated heterocycles. The molecule has 0 aromatic heterocycles. The lowest BCUT2D eigenvalue weighted by Gasteiger charge is -2.30. The van der Waals surface area contributed by atoms with E-state index < -0.39 is 0 Å². The third kappa shape index (κ3) is 4.72. The van der Waals surface area contributed by atoms with Gasteiger partial charge in [-0.3, -0.25) is 4.79 Å². The Bertz CT molecular complexity index is 331. The molecule has 0 aliphatic heterocycles. The number of hydrogen-bond acceptors (Lipinski definition) is 2. The second kappa shape index (κ2) is 7.96. The van der Waals surface area contributed by atoms with Crippen molar-refractivity contribution in [3.8, 4) is 0 Å². The molecule has 0 unspecified atom stereocenters. The van der Waals surface area contributed by atoms with E-state index in [9.17, 15) is 4.79 Å². The molecular formula is C16H28N2OS.